The summed E-state index contributed by atoms with van der Waals surface area (Å²) in [5, 5.41) is 0. The maximum atomic E-state index is 12.5. The SMILES string of the molecule is O=C(c1ncc(Cc2cnc[nH]2)[nH]1)c1ncc(Cc2cnc[nH]2)[nH]1. The molecule has 9 heteroatoms. The van der Waals surface area contributed by atoms with Crippen LogP contribution in [0.2, 0.25) is 0 Å². The highest BCUT2D eigenvalue weighted by Crippen LogP contribution is 2.09. The number of ketones is 1. The molecule has 120 valence electrons. The normalized spacial score (nSPS) is 11.0. The Morgan fingerprint density at radius 3 is 1.67 bits per heavy atom. The summed E-state index contributed by atoms with van der Waals surface area (Å²) in [4.78, 5) is 40.7. The first-order valence-electron chi connectivity index (χ1n) is 7.35. The second kappa shape index (κ2) is 5.95. The van der Waals surface area contributed by atoms with Gasteiger partial charge >= 0.3 is 0 Å². The van der Waals surface area contributed by atoms with Gasteiger partial charge in [0.25, 0.3) is 5.78 Å². The van der Waals surface area contributed by atoms with Crippen LogP contribution in [0, 0.1) is 0 Å². The number of nitrogens with zero attached hydrogens (tertiary/aromatic N) is 4. The van der Waals surface area contributed by atoms with Gasteiger partial charge in [-0.2, -0.15) is 0 Å². The number of hydrogen-bond acceptors (Lipinski definition) is 5. The summed E-state index contributed by atoms with van der Waals surface area (Å²) in [5.41, 5.74) is 3.54. The first-order valence-corrected chi connectivity index (χ1v) is 7.35. The summed E-state index contributed by atoms with van der Waals surface area (Å²) in [6.45, 7) is 0. The van der Waals surface area contributed by atoms with Crippen molar-refractivity contribution >= 4 is 5.78 Å². The van der Waals surface area contributed by atoms with Gasteiger partial charge in [0, 0.05) is 60.4 Å². The predicted molar refractivity (Wildman–Crippen MR) is 83.4 cm³/mol. The lowest BCUT2D eigenvalue weighted by Crippen LogP contribution is -2.06. The van der Waals surface area contributed by atoms with Crippen LogP contribution in [0.25, 0.3) is 0 Å². The van der Waals surface area contributed by atoms with Crippen molar-refractivity contribution in [3.8, 4) is 0 Å². The van der Waals surface area contributed by atoms with E-state index in [4.69, 9.17) is 0 Å². The van der Waals surface area contributed by atoms with E-state index in [0.29, 0.717) is 12.8 Å². The fourth-order valence-electron chi connectivity index (χ4n) is 2.41. The first-order chi connectivity index (χ1) is 11.8. The molecule has 4 aromatic rings. The summed E-state index contributed by atoms with van der Waals surface area (Å²) < 4.78 is 0. The van der Waals surface area contributed by atoms with Crippen LogP contribution in [0.3, 0.4) is 0 Å². The van der Waals surface area contributed by atoms with Crippen LogP contribution >= 0.6 is 0 Å². The molecule has 0 aliphatic rings. The van der Waals surface area contributed by atoms with E-state index in [1.807, 2.05) is 0 Å². The molecule has 4 rings (SSSR count). The number of carbonyl (C=O) groups excluding carboxylic acids is 1. The van der Waals surface area contributed by atoms with Gasteiger partial charge in [-0.1, -0.05) is 0 Å². The second-order valence-electron chi connectivity index (χ2n) is 5.35. The monoisotopic (exact) mass is 322 g/mol. The van der Waals surface area contributed by atoms with E-state index in [2.05, 4.69) is 39.9 Å². The third-order valence-corrected chi connectivity index (χ3v) is 3.56. The lowest BCUT2D eigenvalue weighted by Gasteiger charge is -1.95. The highest BCUT2D eigenvalue weighted by atomic mass is 16.1. The molecule has 9 nitrogen and oxygen atoms in total. The molecule has 4 aromatic heterocycles. The molecule has 0 saturated heterocycles. The molecule has 0 fully saturated rings. The minimum Gasteiger partial charge on any atom is -0.348 e. The van der Waals surface area contributed by atoms with Crippen molar-refractivity contribution in [3.05, 3.63) is 71.9 Å². The van der Waals surface area contributed by atoms with Crippen molar-refractivity contribution in [1.82, 2.24) is 39.9 Å². The van der Waals surface area contributed by atoms with Gasteiger partial charge in [0.15, 0.2) is 11.6 Å². The summed E-state index contributed by atoms with van der Waals surface area (Å²) in [6, 6.07) is 0. The molecular formula is C15H14N8O. The summed E-state index contributed by atoms with van der Waals surface area (Å²) in [7, 11) is 0. The average molecular weight is 322 g/mol. The Labute approximate surface area is 136 Å². The third-order valence-electron chi connectivity index (χ3n) is 3.56. The van der Waals surface area contributed by atoms with Crippen LogP contribution in [-0.4, -0.2) is 45.7 Å². The number of imidazole rings is 4. The number of carbonyl (C=O) groups is 1. The Bertz CT molecular complexity index is 856. The topological polar surface area (TPSA) is 132 Å². The van der Waals surface area contributed by atoms with Crippen LogP contribution < -0.4 is 0 Å². The van der Waals surface area contributed by atoms with Gasteiger partial charge < -0.3 is 19.9 Å². The van der Waals surface area contributed by atoms with Crippen LogP contribution in [0.4, 0.5) is 0 Å². The minimum atomic E-state index is -0.276. The third kappa shape index (κ3) is 2.86. The molecule has 0 saturated carbocycles. The van der Waals surface area contributed by atoms with Crippen LogP contribution in [0.15, 0.2) is 37.4 Å². The van der Waals surface area contributed by atoms with Crippen LogP contribution in [0.1, 0.15) is 39.2 Å². The molecule has 0 aliphatic heterocycles. The lowest BCUT2D eigenvalue weighted by molar-refractivity contribution is 0.102. The maximum Gasteiger partial charge on any atom is 0.263 e. The fourth-order valence-corrected chi connectivity index (χ4v) is 2.41. The molecule has 24 heavy (non-hydrogen) atoms. The van der Waals surface area contributed by atoms with Crippen molar-refractivity contribution in [3.63, 3.8) is 0 Å². The summed E-state index contributed by atoms with van der Waals surface area (Å²) in [6.07, 6.45) is 11.2. The van der Waals surface area contributed by atoms with E-state index in [1.54, 1.807) is 37.4 Å². The number of nitrogens with one attached hydrogen (secondary N) is 4. The Balaban J connectivity index is 1.47. The van der Waals surface area contributed by atoms with Gasteiger partial charge in [0.05, 0.1) is 12.7 Å². The Hall–Kier alpha value is -3.49. The molecule has 4 heterocycles. The van der Waals surface area contributed by atoms with Gasteiger partial charge in [-0.25, -0.2) is 19.9 Å². The van der Waals surface area contributed by atoms with Crippen molar-refractivity contribution in [2.45, 2.75) is 12.8 Å². The largest absolute Gasteiger partial charge is 0.348 e. The number of aromatic nitrogens is 8. The Kier molecular flexibility index (Phi) is 3.50. The number of rotatable bonds is 6. The second-order valence-corrected chi connectivity index (χ2v) is 5.35. The van der Waals surface area contributed by atoms with Gasteiger partial charge in [-0.15, -0.1) is 0 Å². The molecule has 4 N–H and O–H groups in total. The predicted octanol–water partition coefficient (Wildman–Crippen LogP) is 0.992. The molecule has 0 aliphatic carbocycles. The van der Waals surface area contributed by atoms with Gasteiger partial charge in [-0.3, -0.25) is 4.79 Å². The van der Waals surface area contributed by atoms with Gasteiger partial charge in [-0.05, 0) is 0 Å². The van der Waals surface area contributed by atoms with Crippen molar-refractivity contribution in [1.29, 1.82) is 0 Å². The van der Waals surface area contributed by atoms with E-state index in [9.17, 15) is 4.79 Å². The van der Waals surface area contributed by atoms with Gasteiger partial charge in [0.2, 0.25) is 0 Å². The minimum absolute atomic E-state index is 0.256. The van der Waals surface area contributed by atoms with Crippen molar-refractivity contribution in [2.75, 3.05) is 0 Å². The maximum absolute atomic E-state index is 12.5. The molecule has 0 radical (unpaired) electrons. The van der Waals surface area contributed by atoms with Crippen molar-refractivity contribution in [2.24, 2.45) is 0 Å². The number of aromatic amines is 4. The Morgan fingerprint density at radius 1 is 0.750 bits per heavy atom. The molecule has 0 spiro atoms. The fraction of sp³-hybridized carbons (Fsp3) is 0.133. The highest BCUT2D eigenvalue weighted by molar-refractivity contribution is 6.03. The summed E-state index contributed by atoms with van der Waals surface area (Å²) >= 11 is 0. The lowest BCUT2D eigenvalue weighted by atomic mass is 10.3. The van der Waals surface area contributed by atoms with Crippen molar-refractivity contribution < 1.29 is 4.79 Å². The van der Waals surface area contributed by atoms with E-state index < -0.39 is 0 Å². The zero-order valence-electron chi connectivity index (χ0n) is 12.6. The smallest absolute Gasteiger partial charge is 0.263 e. The molecular weight excluding hydrogens is 308 g/mol. The van der Waals surface area contributed by atoms with Crippen LogP contribution in [0.5, 0.6) is 0 Å². The summed E-state index contributed by atoms with van der Waals surface area (Å²) in [5.74, 6) is 0.237. The standard InChI is InChI=1S/C15H14N8O/c24-13(14-18-5-11(22-14)1-9-3-16-7-20-9)15-19-6-12(23-15)2-10-4-17-8-21-10/h3-8H,1-2H2,(H,16,20)(H,17,21)(H,18,22)(H,19,23). The molecule has 0 unspecified atom stereocenters. The molecule has 0 atom stereocenters. The van der Waals surface area contributed by atoms with Gasteiger partial charge in [0.1, 0.15) is 0 Å². The zero-order chi connectivity index (χ0) is 16.4. The van der Waals surface area contributed by atoms with E-state index in [-0.39, 0.29) is 17.4 Å². The van der Waals surface area contributed by atoms with E-state index in [0.717, 1.165) is 22.8 Å². The first kappa shape index (κ1) is 14.1. The molecule has 0 amide bonds. The average Bonchev–Trinajstić information content (AvgIpc) is 3.36. The quantitative estimate of drug-likeness (QED) is 0.393. The van der Waals surface area contributed by atoms with Crippen LogP contribution in [-0.2, 0) is 12.8 Å². The zero-order valence-corrected chi connectivity index (χ0v) is 12.6. The Morgan fingerprint density at radius 2 is 1.25 bits per heavy atom. The van der Waals surface area contributed by atoms with E-state index >= 15 is 0 Å². The molecule has 0 aromatic carbocycles. The number of hydrogen-bond donors (Lipinski definition) is 4. The molecule has 0 bridgehead atoms. The highest BCUT2D eigenvalue weighted by Gasteiger charge is 2.17. The van der Waals surface area contributed by atoms with E-state index in [1.165, 1.54) is 0 Å². The number of H-pyrrole nitrogens is 4.